The molecule has 2 heterocycles. The van der Waals surface area contributed by atoms with Gasteiger partial charge in [0, 0.05) is 24.5 Å². The molecule has 3 fully saturated rings. The van der Waals surface area contributed by atoms with E-state index in [0.717, 1.165) is 36.5 Å². The number of anilines is 2. The minimum atomic E-state index is -1.06. The van der Waals surface area contributed by atoms with Crippen LogP contribution >= 0.6 is 0 Å². The van der Waals surface area contributed by atoms with Crippen LogP contribution in [0.3, 0.4) is 0 Å². The van der Waals surface area contributed by atoms with Crippen molar-refractivity contribution in [1.82, 2.24) is 4.90 Å². The van der Waals surface area contributed by atoms with Gasteiger partial charge < -0.3 is 19.7 Å². The van der Waals surface area contributed by atoms with Gasteiger partial charge >= 0.3 is 5.97 Å². The minimum absolute atomic E-state index is 0.297. The van der Waals surface area contributed by atoms with E-state index in [2.05, 4.69) is 10.2 Å². The maximum Gasteiger partial charge on any atom is 0.326 e. The van der Waals surface area contributed by atoms with Crippen molar-refractivity contribution in [3.8, 4) is 0 Å². The fraction of sp³-hybridized carbons (Fsp3) is 0.565. The van der Waals surface area contributed by atoms with Crippen molar-refractivity contribution in [1.29, 1.82) is 0 Å². The van der Waals surface area contributed by atoms with Crippen LogP contribution in [0.2, 0.25) is 0 Å². The molecule has 3 atom stereocenters. The van der Waals surface area contributed by atoms with Crippen LogP contribution in [0.25, 0.3) is 0 Å². The Kier molecular flexibility index (Phi) is 6.74. The number of amides is 3. The highest BCUT2D eigenvalue weighted by Crippen LogP contribution is 2.37. The number of imide groups is 1. The lowest BCUT2D eigenvalue weighted by atomic mass is 9.81. The lowest BCUT2D eigenvalue weighted by Crippen LogP contribution is -2.39. The molecule has 32 heavy (non-hydrogen) atoms. The summed E-state index contributed by atoms with van der Waals surface area (Å²) in [6.07, 6.45) is 2.15. The number of fused-ring (bicyclic) bond motifs is 1. The maximum atomic E-state index is 12.5. The number of rotatable bonds is 6. The van der Waals surface area contributed by atoms with Crippen molar-refractivity contribution in [2.75, 3.05) is 43.1 Å². The highest BCUT2D eigenvalue weighted by atomic mass is 16.5. The third kappa shape index (κ3) is 4.77. The largest absolute Gasteiger partial charge is 0.451 e. The van der Waals surface area contributed by atoms with Crippen LogP contribution in [0.4, 0.5) is 11.4 Å². The van der Waals surface area contributed by atoms with Crippen LogP contribution in [-0.2, 0) is 28.7 Å². The van der Waals surface area contributed by atoms with Gasteiger partial charge in [0.05, 0.1) is 25.0 Å². The quantitative estimate of drug-likeness (QED) is 0.526. The predicted molar refractivity (Wildman–Crippen MR) is 116 cm³/mol. The summed E-state index contributed by atoms with van der Waals surface area (Å²) < 4.78 is 10.5. The standard InChI is InChI=1S/C23H29N3O6/c1-15(21(28)24-16-6-8-17(9-7-16)25-10-12-31-13-11-25)32-20(27)14-26-22(29)18-4-2-3-5-19(18)23(26)30/h6-9,15,18-19H,2-5,10-14H2,1H3,(H,24,28)/t15-,18-,19+/m0/s1. The van der Waals surface area contributed by atoms with E-state index in [1.807, 2.05) is 12.1 Å². The lowest BCUT2D eigenvalue weighted by Gasteiger charge is -2.28. The molecule has 1 saturated carbocycles. The lowest BCUT2D eigenvalue weighted by molar-refractivity contribution is -0.158. The molecule has 1 N–H and O–H groups in total. The summed E-state index contributed by atoms with van der Waals surface area (Å²) in [7, 11) is 0. The molecule has 3 amide bonds. The van der Waals surface area contributed by atoms with E-state index in [9.17, 15) is 19.2 Å². The van der Waals surface area contributed by atoms with E-state index < -0.39 is 24.5 Å². The molecule has 2 aliphatic heterocycles. The third-order valence-corrected chi connectivity index (χ3v) is 6.41. The fourth-order valence-electron chi connectivity index (χ4n) is 4.62. The smallest absolute Gasteiger partial charge is 0.326 e. The molecule has 3 aliphatic rings. The number of nitrogens with one attached hydrogen (secondary N) is 1. The Morgan fingerprint density at radius 1 is 1.06 bits per heavy atom. The monoisotopic (exact) mass is 443 g/mol. The molecule has 1 aromatic carbocycles. The number of likely N-dealkylation sites (tertiary alicyclic amines) is 1. The van der Waals surface area contributed by atoms with Gasteiger partial charge in [-0.15, -0.1) is 0 Å². The first-order chi connectivity index (χ1) is 15.4. The maximum absolute atomic E-state index is 12.5. The molecule has 9 heteroatoms. The summed E-state index contributed by atoms with van der Waals surface area (Å²) in [5.74, 6) is -2.47. The zero-order chi connectivity index (χ0) is 22.7. The average Bonchev–Trinajstić information content (AvgIpc) is 3.05. The number of hydrogen-bond donors (Lipinski definition) is 1. The molecule has 0 aromatic heterocycles. The first-order valence-electron chi connectivity index (χ1n) is 11.2. The van der Waals surface area contributed by atoms with Gasteiger partial charge in [0.25, 0.3) is 5.91 Å². The number of esters is 1. The van der Waals surface area contributed by atoms with Crippen molar-refractivity contribution in [3.05, 3.63) is 24.3 Å². The Morgan fingerprint density at radius 2 is 1.66 bits per heavy atom. The van der Waals surface area contributed by atoms with Crippen molar-refractivity contribution in [2.45, 2.75) is 38.7 Å². The molecule has 172 valence electrons. The van der Waals surface area contributed by atoms with Gasteiger partial charge in [0.1, 0.15) is 6.54 Å². The van der Waals surface area contributed by atoms with Gasteiger partial charge in [-0.25, -0.2) is 0 Å². The van der Waals surface area contributed by atoms with Crippen molar-refractivity contribution in [3.63, 3.8) is 0 Å². The summed E-state index contributed by atoms with van der Waals surface area (Å²) in [5, 5.41) is 2.72. The Morgan fingerprint density at radius 3 is 2.25 bits per heavy atom. The summed E-state index contributed by atoms with van der Waals surface area (Å²) in [5.41, 5.74) is 1.63. The highest BCUT2D eigenvalue weighted by Gasteiger charge is 2.48. The first-order valence-corrected chi connectivity index (χ1v) is 11.2. The Hall–Kier alpha value is -2.94. The van der Waals surface area contributed by atoms with Gasteiger partial charge in [0.15, 0.2) is 6.10 Å². The van der Waals surface area contributed by atoms with Gasteiger partial charge in [-0.3, -0.25) is 24.1 Å². The van der Waals surface area contributed by atoms with E-state index in [1.54, 1.807) is 12.1 Å². The SMILES string of the molecule is C[C@H](OC(=O)CN1C(=O)[C@H]2CCCC[C@H]2C1=O)C(=O)Nc1ccc(N2CCOCC2)cc1. The average molecular weight is 444 g/mol. The van der Waals surface area contributed by atoms with Crippen LogP contribution in [0.15, 0.2) is 24.3 Å². The molecule has 0 spiro atoms. The van der Waals surface area contributed by atoms with E-state index >= 15 is 0 Å². The van der Waals surface area contributed by atoms with Crippen LogP contribution in [-0.4, -0.2) is 67.5 Å². The summed E-state index contributed by atoms with van der Waals surface area (Å²) in [4.78, 5) is 53.0. The second-order valence-electron chi connectivity index (χ2n) is 8.53. The Labute approximate surface area is 187 Å². The molecule has 9 nitrogen and oxygen atoms in total. The number of carbonyl (C=O) groups excluding carboxylic acids is 4. The Bertz CT molecular complexity index is 856. The predicted octanol–water partition coefficient (Wildman–Crippen LogP) is 1.57. The molecule has 1 aliphatic carbocycles. The minimum Gasteiger partial charge on any atom is -0.451 e. The number of morpholine rings is 1. The van der Waals surface area contributed by atoms with E-state index in [1.165, 1.54) is 6.92 Å². The van der Waals surface area contributed by atoms with Crippen molar-refractivity contribution < 1.29 is 28.7 Å². The summed E-state index contributed by atoms with van der Waals surface area (Å²) in [6.45, 7) is 4.04. The molecule has 4 rings (SSSR count). The highest BCUT2D eigenvalue weighted by molar-refractivity contribution is 6.07. The molecule has 2 saturated heterocycles. The zero-order valence-electron chi connectivity index (χ0n) is 18.2. The fourth-order valence-corrected chi connectivity index (χ4v) is 4.62. The van der Waals surface area contributed by atoms with Crippen molar-refractivity contribution in [2.24, 2.45) is 11.8 Å². The molecule has 0 radical (unpaired) electrons. The van der Waals surface area contributed by atoms with E-state index in [4.69, 9.17) is 9.47 Å². The topological polar surface area (TPSA) is 105 Å². The van der Waals surface area contributed by atoms with Gasteiger partial charge in [0.2, 0.25) is 11.8 Å². The number of hydrogen-bond acceptors (Lipinski definition) is 7. The number of nitrogens with zero attached hydrogens (tertiary/aromatic N) is 2. The third-order valence-electron chi connectivity index (χ3n) is 6.41. The van der Waals surface area contributed by atoms with Gasteiger partial charge in [-0.05, 0) is 44.0 Å². The summed E-state index contributed by atoms with van der Waals surface area (Å²) in [6, 6.07) is 7.42. The van der Waals surface area contributed by atoms with Gasteiger partial charge in [-0.1, -0.05) is 12.8 Å². The number of carbonyl (C=O) groups is 4. The molecule has 0 unspecified atom stereocenters. The summed E-state index contributed by atoms with van der Waals surface area (Å²) >= 11 is 0. The van der Waals surface area contributed by atoms with Crippen molar-refractivity contribution >= 4 is 35.1 Å². The Balaban J connectivity index is 1.27. The first kappa shape index (κ1) is 22.3. The van der Waals surface area contributed by atoms with Gasteiger partial charge in [-0.2, -0.15) is 0 Å². The van der Waals surface area contributed by atoms with Crippen LogP contribution in [0, 0.1) is 11.8 Å². The zero-order valence-corrected chi connectivity index (χ0v) is 18.2. The van der Waals surface area contributed by atoms with Crippen LogP contribution in [0.1, 0.15) is 32.6 Å². The van der Waals surface area contributed by atoms with E-state index in [0.29, 0.717) is 31.7 Å². The number of benzene rings is 1. The normalized spacial score (nSPS) is 24.2. The van der Waals surface area contributed by atoms with Crippen LogP contribution in [0.5, 0.6) is 0 Å². The molecule has 1 aromatic rings. The molecule has 0 bridgehead atoms. The van der Waals surface area contributed by atoms with E-state index in [-0.39, 0.29) is 23.7 Å². The molecular formula is C23H29N3O6. The molecular weight excluding hydrogens is 414 g/mol. The second kappa shape index (κ2) is 9.68. The number of ether oxygens (including phenoxy) is 2. The van der Waals surface area contributed by atoms with Crippen LogP contribution < -0.4 is 10.2 Å². The second-order valence-corrected chi connectivity index (χ2v) is 8.53.